The molecule has 1 aromatic carbocycles. The van der Waals surface area contributed by atoms with Crippen LogP contribution in [0.25, 0.3) is 0 Å². The van der Waals surface area contributed by atoms with Gasteiger partial charge < -0.3 is 14.1 Å². The Morgan fingerprint density at radius 3 is 2.39 bits per heavy atom. The SMILES string of the molecule is COc1ccc(Cn2cc(CC=O)c(C(F)(F)F)cc2=O)cc1. The second-order valence-corrected chi connectivity index (χ2v) is 4.90. The van der Waals surface area contributed by atoms with Gasteiger partial charge in [0.05, 0.1) is 19.2 Å². The van der Waals surface area contributed by atoms with Gasteiger partial charge in [-0.1, -0.05) is 12.1 Å². The van der Waals surface area contributed by atoms with E-state index in [1.165, 1.54) is 7.11 Å². The Labute approximate surface area is 130 Å². The van der Waals surface area contributed by atoms with E-state index in [1.54, 1.807) is 24.3 Å². The molecule has 1 aromatic heterocycles. The highest BCUT2D eigenvalue weighted by atomic mass is 19.4. The average molecular weight is 325 g/mol. The second kappa shape index (κ2) is 6.68. The molecule has 2 rings (SSSR count). The number of rotatable bonds is 5. The van der Waals surface area contributed by atoms with Gasteiger partial charge in [-0.2, -0.15) is 13.2 Å². The first kappa shape index (κ1) is 16.8. The number of hydrogen-bond donors (Lipinski definition) is 0. The van der Waals surface area contributed by atoms with Crippen LogP contribution in [0.2, 0.25) is 0 Å². The van der Waals surface area contributed by atoms with Crippen molar-refractivity contribution in [1.29, 1.82) is 0 Å². The molecule has 0 aliphatic rings. The van der Waals surface area contributed by atoms with Gasteiger partial charge >= 0.3 is 6.18 Å². The summed E-state index contributed by atoms with van der Waals surface area (Å²) in [5.74, 6) is 0.634. The molecule has 0 atom stereocenters. The molecule has 0 aliphatic heterocycles. The van der Waals surface area contributed by atoms with E-state index in [0.29, 0.717) is 18.1 Å². The summed E-state index contributed by atoms with van der Waals surface area (Å²) in [4.78, 5) is 22.5. The molecule has 0 fully saturated rings. The Morgan fingerprint density at radius 2 is 1.87 bits per heavy atom. The summed E-state index contributed by atoms with van der Waals surface area (Å²) < 4.78 is 44.9. The highest BCUT2D eigenvalue weighted by Crippen LogP contribution is 2.31. The molecule has 0 spiro atoms. The molecular formula is C16H14F3NO3. The van der Waals surface area contributed by atoms with Crippen LogP contribution in [0.5, 0.6) is 5.75 Å². The van der Waals surface area contributed by atoms with E-state index in [2.05, 4.69) is 0 Å². The predicted molar refractivity (Wildman–Crippen MR) is 77.6 cm³/mol. The number of hydrogen-bond acceptors (Lipinski definition) is 3. The second-order valence-electron chi connectivity index (χ2n) is 4.90. The molecule has 0 saturated carbocycles. The van der Waals surface area contributed by atoms with Gasteiger partial charge in [-0.15, -0.1) is 0 Å². The molecule has 0 bridgehead atoms. The lowest BCUT2D eigenvalue weighted by molar-refractivity contribution is -0.138. The molecule has 4 nitrogen and oxygen atoms in total. The van der Waals surface area contributed by atoms with Gasteiger partial charge in [-0.3, -0.25) is 4.79 Å². The van der Waals surface area contributed by atoms with E-state index in [-0.39, 0.29) is 12.1 Å². The Bertz CT molecular complexity index is 749. The zero-order chi connectivity index (χ0) is 17.0. The topological polar surface area (TPSA) is 48.3 Å². The van der Waals surface area contributed by atoms with E-state index >= 15 is 0 Å². The third-order valence-electron chi connectivity index (χ3n) is 3.33. The molecule has 23 heavy (non-hydrogen) atoms. The molecule has 0 unspecified atom stereocenters. The van der Waals surface area contributed by atoms with Crippen molar-refractivity contribution in [3.63, 3.8) is 0 Å². The zero-order valence-electron chi connectivity index (χ0n) is 12.3. The van der Waals surface area contributed by atoms with Gasteiger partial charge in [-0.05, 0) is 23.3 Å². The third kappa shape index (κ3) is 4.00. The quantitative estimate of drug-likeness (QED) is 0.794. The largest absolute Gasteiger partial charge is 0.497 e. The van der Waals surface area contributed by atoms with Crippen LogP contribution in [-0.4, -0.2) is 18.0 Å². The van der Waals surface area contributed by atoms with E-state index in [9.17, 15) is 22.8 Å². The first-order valence-electron chi connectivity index (χ1n) is 6.72. The average Bonchev–Trinajstić information content (AvgIpc) is 2.50. The van der Waals surface area contributed by atoms with Gasteiger partial charge in [0, 0.05) is 18.7 Å². The standard InChI is InChI=1S/C16H14F3NO3/c1-23-13-4-2-11(3-5-13)9-20-10-12(6-7-21)14(8-15(20)22)16(17,18)19/h2-5,7-8,10H,6,9H2,1H3. The predicted octanol–water partition coefficient (Wildman–Crippen LogP) is 2.67. The molecule has 0 saturated heterocycles. The number of alkyl halides is 3. The fourth-order valence-electron chi connectivity index (χ4n) is 2.19. The van der Waals surface area contributed by atoms with Crippen LogP contribution in [0, 0.1) is 0 Å². The summed E-state index contributed by atoms with van der Waals surface area (Å²) in [5.41, 5.74) is -1.34. The van der Waals surface area contributed by atoms with Crippen LogP contribution in [0.1, 0.15) is 16.7 Å². The van der Waals surface area contributed by atoms with Crippen LogP contribution < -0.4 is 10.3 Å². The lowest BCUT2D eigenvalue weighted by Gasteiger charge is -2.14. The number of carbonyl (C=O) groups is 1. The Kier molecular flexibility index (Phi) is 4.88. The van der Waals surface area contributed by atoms with Crippen molar-refractivity contribution in [2.45, 2.75) is 19.1 Å². The normalized spacial score (nSPS) is 11.3. The fourth-order valence-corrected chi connectivity index (χ4v) is 2.19. The van der Waals surface area contributed by atoms with Crippen LogP contribution in [0.3, 0.4) is 0 Å². The number of benzene rings is 1. The van der Waals surface area contributed by atoms with E-state index in [0.717, 1.165) is 16.3 Å². The summed E-state index contributed by atoms with van der Waals surface area (Å²) in [6, 6.07) is 7.33. The van der Waals surface area contributed by atoms with Gasteiger partial charge in [0.1, 0.15) is 12.0 Å². The Balaban J connectivity index is 2.40. The lowest BCUT2D eigenvalue weighted by Crippen LogP contribution is -2.24. The number of pyridine rings is 1. The van der Waals surface area contributed by atoms with Crippen molar-refractivity contribution in [3.8, 4) is 5.75 Å². The number of aromatic nitrogens is 1. The molecule has 122 valence electrons. The van der Waals surface area contributed by atoms with Gasteiger partial charge in [0.25, 0.3) is 5.56 Å². The number of nitrogens with zero attached hydrogens (tertiary/aromatic N) is 1. The van der Waals surface area contributed by atoms with Crippen LogP contribution in [0.4, 0.5) is 13.2 Å². The minimum atomic E-state index is -4.67. The molecule has 1 heterocycles. The summed E-state index contributed by atoms with van der Waals surface area (Å²) in [6.45, 7) is 0.104. The van der Waals surface area contributed by atoms with Crippen molar-refractivity contribution in [1.82, 2.24) is 4.57 Å². The molecule has 7 heteroatoms. The Hall–Kier alpha value is -2.57. The van der Waals surface area contributed by atoms with Gasteiger partial charge in [0.2, 0.25) is 0 Å². The monoisotopic (exact) mass is 325 g/mol. The number of aldehydes is 1. The minimum absolute atomic E-state index is 0.104. The van der Waals surface area contributed by atoms with Gasteiger partial charge in [-0.25, -0.2) is 0 Å². The minimum Gasteiger partial charge on any atom is -0.497 e. The molecular weight excluding hydrogens is 311 g/mol. The van der Waals surface area contributed by atoms with Crippen molar-refractivity contribution in [2.75, 3.05) is 7.11 Å². The highest BCUT2D eigenvalue weighted by Gasteiger charge is 2.34. The summed E-state index contributed by atoms with van der Waals surface area (Å²) in [6.07, 6.45) is -3.61. The highest BCUT2D eigenvalue weighted by molar-refractivity contribution is 5.56. The summed E-state index contributed by atoms with van der Waals surface area (Å²) in [7, 11) is 1.51. The Morgan fingerprint density at radius 1 is 1.22 bits per heavy atom. The van der Waals surface area contributed by atoms with Crippen LogP contribution in [-0.2, 0) is 23.9 Å². The van der Waals surface area contributed by atoms with Gasteiger partial charge in [0.15, 0.2) is 0 Å². The number of ether oxygens (including phenoxy) is 1. The maximum atomic E-state index is 12.9. The van der Waals surface area contributed by atoms with E-state index < -0.39 is 23.7 Å². The fraction of sp³-hybridized carbons (Fsp3) is 0.250. The maximum Gasteiger partial charge on any atom is 0.416 e. The van der Waals surface area contributed by atoms with Crippen molar-refractivity contribution < 1.29 is 22.7 Å². The van der Waals surface area contributed by atoms with Crippen LogP contribution in [0.15, 0.2) is 41.3 Å². The molecule has 0 aliphatic carbocycles. The molecule has 2 aromatic rings. The summed E-state index contributed by atoms with van der Waals surface area (Å²) >= 11 is 0. The number of methoxy groups -OCH3 is 1. The molecule has 0 N–H and O–H groups in total. The smallest absolute Gasteiger partial charge is 0.416 e. The molecule has 0 radical (unpaired) electrons. The zero-order valence-corrected chi connectivity index (χ0v) is 12.3. The maximum absolute atomic E-state index is 12.9. The number of carbonyl (C=O) groups excluding carboxylic acids is 1. The van der Waals surface area contributed by atoms with Crippen molar-refractivity contribution in [2.24, 2.45) is 0 Å². The third-order valence-corrected chi connectivity index (χ3v) is 3.33. The summed E-state index contributed by atoms with van der Waals surface area (Å²) in [5, 5.41) is 0. The first-order valence-corrected chi connectivity index (χ1v) is 6.72. The lowest BCUT2D eigenvalue weighted by atomic mass is 10.1. The van der Waals surface area contributed by atoms with Crippen molar-refractivity contribution in [3.05, 3.63) is 63.6 Å². The van der Waals surface area contributed by atoms with Crippen molar-refractivity contribution >= 4 is 6.29 Å². The van der Waals surface area contributed by atoms with E-state index in [1.807, 2.05) is 0 Å². The first-order chi connectivity index (χ1) is 10.8. The van der Waals surface area contributed by atoms with E-state index in [4.69, 9.17) is 4.74 Å². The van der Waals surface area contributed by atoms with Crippen LogP contribution >= 0.6 is 0 Å². The molecule has 0 amide bonds. The number of halogens is 3.